The van der Waals surface area contributed by atoms with E-state index in [2.05, 4.69) is 40.7 Å². The number of rotatable bonds is 4. The largest absolute Gasteiger partial charge is 0.384 e. The van der Waals surface area contributed by atoms with Crippen molar-refractivity contribution in [3.63, 3.8) is 0 Å². The van der Waals surface area contributed by atoms with Gasteiger partial charge in [0.05, 0.1) is 0 Å². The van der Waals surface area contributed by atoms with Crippen molar-refractivity contribution in [1.29, 1.82) is 0 Å². The Balaban J connectivity index is 1.54. The minimum atomic E-state index is 0.0841. The summed E-state index contributed by atoms with van der Waals surface area (Å²) < 4.78 is 0. The molecule has 120 valence electrons. The van der Waals surface area contributed by atoms with Gasteiger partial charge in [0.1, 0.15) is 0 Å². The van der Waals surface area contributed by atoms with Gasteiger partial charge in [0.25, 0.3) is 0 Å². The predicted molar refractivity (Wildman–Crippen MR) is 89.9 cm³/mol. The number of para-hydroxylation sites is 1. The number of amides is 1. The van der Waals surface area contributed by atoms with Crippen LogP contribution in [0, 0.1) is 5.92 Å². The fourth-order valence-electron chi connectivity index (χ4n) is 3.83. The number of nitrogens with one attached hydrogen (secondary N) is 2. The molecule has 2 N–H and O–H groups in total. The van der Waals surface area contributed by atoms with Crippen LogP contribution < -0.4 is 10.6 Å². The van der Waals surface area contributed by atoms with E-state index in [1.807, 2.05) is 0 Å². The first-order valence-corrected chi connectivity index (χ1v) is 8.47. The number of fused-ring (bicyclic) bond motifs is 1. The summed E-state index contributed by atoms with van der Waals surface area (Å²) >= 11 is 0. The van der Waals surface area contributed by atoms with Gasteiger partial charge in [0, 0.05) is 31.7 Å². The lowest BCUT2D eigenvalue weighted by Gasteiger charge is -2.35. The standard InChI is InChI=1S/C18H27N3O/c1-13(20-14(2)22)15-7-10-21(11-8-15)12-17-5-3-4-16-6-9-19-18(16)17/h3-5,13,15,19H,6-12H2,1-2H3,(H,20,22). The molecule has 0 radical (unpaired) electrons. The molecule has 0 aromatic heterocycles. The SMILES string of the molecule is CC(=O)NC(C)C1CCN(Cc2cccc3c2NCC3)CC1. The lowest BCUT2D eigenvalue weighted by molar-refractivity contribution is -0.120. The fraction of sp³-hybridized carbons (Fsp3) is 0.611. The van der Waals surface area contributed by atoms with Crippen molar-refractivity contribution in [2.24, 2.45) is 5.92 Å². The summed E-state index contributed by atoms with van der Waals surface area (Å²) in [6.07, 6.45) is 3.49. The van der Waals surface area contributed by atoms with Gasteiger partial charge in [-0.1, -0.05) is 18.2 Å². The number of carbonyl (C=O) groups is 1. The highest BCUT2D eigenvalue weighted by Crippen LogP contribution is 2.29. The lowest BCUT2D eigenvalue weighted by atomic mass is 9.90. The monoisotopic (exact) mass is 301 g/mol. The van der Waals surface area contributed by atoms with Crippen LogP contribution in [-0.2, 0) is 17.8 Å². The number of carbonyl (C=O) groups excluding carboxylic acids is 1. The van der Waals surface area contributed by atoms with Gasteiger partial charge in [-0.15, -0.1) is 0 Å². The second kappa shape index (κ2) is 6.69. The van der Waals surface area contributed by atoms with E-state index < -0.39 is 0 Å². The van der Waals surface area contributed by atoms with E-state index in [-0.39, 0.29) is 5.91 Å². The highest BCUT2D eigenvalue weighted by molar-refractivity contribution is 5.73. The van der Waals surface area contributed by atoms with E-state index in [1.165, 1.54) is 29.7 Å². The molecule has 2 aliphatic rings. The summed E-state index contributed by atoms with van der Waals surface area (Å²) in [6, 6.07) is 6.97. The van der Waals surface area contributed by atoms with Crippen LogP contribution in [0.15, 0.2) is 18.2 Å². The van der Waals surface area contributed by atoms with E-state index in [0.717, 1.165) is 32.6 Å². The van der Waals surface area contributed by atoms with Crippen molar-refractivity contribution in [2.75, 3.05) is 25.0 Å². The molecule has 1 atom stereocenters. The van der Waals surface area contributed by atoms with Crippen LogP contribution >= 0.6 is 0 Å². The van der Waals surface area contributed by atoms with Crippen molar-refractivity contribution < 1.29 is 4.79 Å². The summed E-state index contributed by atoms with van der Waals surface area (Å²) in [6.45, 7) is 8.10. The third-order valence-corrected chi connectivity index (χ3v) is 5.10. The molecule has 0 bridgehead atoms. The maximum atomic E-state index is 11.2. The molecular formula is C18H27N3O. The Morgan fingerprint density at radius 3 is 2.91 bits per heavy atom. The maximum absolute atomic E-state index is 11.2. The first-order chi connectivity index (χ1) is 10.6. The minimum Gasteiger partial charge on any atom is -0.384 e. The first-order valence-electron chi connectivity index (χ1n) is 8.47. The van der Waals surface area contributed by atoms with Crippen LogP contribution in [0.25, 0.3) is 0 Å². The number of hydrogen-bond donors (Lipinski definition) is 2. The summed E-state index contributed by atoms with van der Waals surface area (Å²) in [4.78, 5) is 13.7. The molecule has 2 aliphatic heterocycles. The number of anilines is 1. The lowest BCUT2D eigenvalue weighted by Crippen LogP contribution is -2.43. The third-order valence-electron chi connectivity index (χ3n) is 5.10. The highest BCUT2D eigenvalue weighted by Gasteiger charge is 2.25. The van der Waals surface area contributed by atoms with Crippen LogP contribution in [0.5, 0.6) is 0 Å². The van der Waals surface area contributed by atoms with Crippen molar-refractivity contribution in [3.8, 4) is 0 Å². The molecule has 0 spiro atoms. The van der Waals surface area contributed by atoms with Gasteiger partial charge in [-0.3, -0.25) is 9.69 Å². The summed E-state index contributed by atoms with van der Waals surface area (Å²) in [5.74, 6) is 0.695. The van der Waals surface area contributed by atoms with E-state index in [9.17, 15) is 4.79 Å². The Morgan fingerprint density at radius 1 is 1.41 bits per heavy atom. The number of piperidine rings is 1. The molecule has 0 aliphatic carbocycles. The normalized spacial score (nSPS) is 20.3. The van der Waals surface area contributed by atoms with Crippen LogP contribution in [0.2, 0.25) is 0 Å². The smallest absolute Gasteiger partial charge is 0.217 e. The molecular weight excluding hydrogens is 274 g/mol. The maximum Gasteiger partial charge on any atom is 0.217 e. The predicted octanol–water partition coefficient (Wildman–Crippen LogP) is 2.39. The molecule has 1 fully saturated rings. The quantitative estimate of drug-likeness (QED) is 0.897. The Kier molecular flexibility index (Phi) is 4.67. The van der Waals surface area contributed by atoms with E-state index in [1.54, 1.807) is 6.92 Å². The van der Waals surface area contributed by atoms with Gasteiger partial charge in [-0.2, -0.15) is 0 Å². The number of nitrogens with zero attached hydrogens (tertiary/aromatic N) is 1. The molecule has 2 heterocycles. The molecule has 1 aromatic rings. The zero-order valence-corrected chi connectivity index (χ0v) is 13.7. The second-order valence-electron chi connectivity index (χ2n) is 6.73. The van der Waals surface area contributed by atoms with Gasteiger partial charge in [-0.25, -0.2) is 0 Å². The van der Waals surface area contributed by atoms with E-state index in [0.29, 0.717) is 12.0 Å². The van der Waals surface area contributed by atoms with Crippen molar-refractivity contribution >= 4 is 11.6 Å². The number of likely N-dealkylation sites (tertiary alicyclic amines) is 1. The van der Waals surface area contributed by atoms with Gasteiger partial charge in [-0.05, 0) is 56.3 Å². The Morgan fingerprint density at radius 2 is 2.18 bits per heavy atom. The zero-order chi connectivity index (χ0) is 15.5. The second-order valence-corrected chi connectivity index (χ2v) is 6.73. The molecule has 1 saturated heterocycles. The summed E-state index contributed by atoms with van der Waals surface area (Å²) in [5.41, 5.74) is 4.27. The van der Waals surface area contributed by atoms with Crippen LogP contribution in [-0.4, -0.2) is 36.5 Å². The Labute approximate surface area is 133 Å². The molecule has 3 rings (SSSR count). The molecule has 4 nitrogen and oxygen atoms in total. The molecule has 1 aromatic carbocycles. The summed E-state index contributed by atoms with van der Waals surface area (Å²) in [5, 5.41) is 6.58. The molecule has 4 heteroatoms. The number of benzene rings is 1. The Bertz CT molecular complexity index is 535. The van der Waals surface area contributed by atoms with Crippen molar-refractivity contribution in [1.82, 2.24) is 10.2 Å². The van der Waals surface area contributed by atoms with Crippen molar-refractivity contribution in [3.05, 3.63) is 29.3 Å². The average molecular weight is 301 g/mol. The van der Waals surface area contributed by atoms with Gasteiger partial charge in [0.2, 0.25) is 5.91 Å². The molecule has 22 heavy (non-hydrogen) atoms. The molecule has 1 amide bonds. The highest BCUT2D eigenvalue weighted by atomic mass is 16.1. The third kappa shape index (κ3) is 3.43. The number of hydrogen-bond acceptors (Lipinski definition) is 3. The van der Waals surface area contributed by atoms with Crippen LogP contribution in [0.3, 0.4) is 0 Å². The molecule has 0 saturated carbocycles. The van der Waals surface area contributed by atoms with Crippen molar-refractivity contribution in [2.45, 2.75) is 45.7 Å². The van der Waals surface area contributed by atoms with Gasteiger partial charge < -0.3 is 10.6 Å². The topological polar surface area (TPSA) is 44.4 Å². The zero-order valence-electron chi connectivity index (χ0n) is 13.7. The van der Waals surface area contributed by atoms with Gasteiger partial charge >= 0.3 is 0 Å². The van der Waals surface area contributed by atoms with E-state index in [4.69, 9.17) is 0 Å². The first kappa shape index (κ1) is 15.3. The van der Waals surface area contributed by atoms with Gasteiger partial charge in [0.15, 0.2) is 0 Å². The minimum absolute atomic E-state index is 0.0841. The summed E-state index contributed by atoms with van der Waals surface area (Å²) in [7, 11) is 0. The van der Waals surface area contributed by atoms with Crippen LogP contribution in [0.1, 0.15) is 37.8 Å². The fourth-order valence-corrected chi connectivity index (χ4v) is 3.83. The van der Waals surface area contributed by atoms with E-state index >= 15 is 0 Å². The average Bonchev–Trinajstić information content (AvgIpc) is 2.97. The van der Waals surface area contributed by atoms with Crippen LogP contribution in [0.4, 0.5) is 5.69 Å². The molecule has 1 unspecified atom stereocenters. The Hall–Kier alpha value is -1.55.